The normalized spacial score (nSPS) is 10.3. The van der Waals surface area contributed by atoms with Gasteiger partial charge in [0.2, 0.25) is 0 Å². The highest BCUT2D eigenvalue weighted by atomic mass is 79.9. The fraction of sp³-hybridized carbons (Fsp3) is 0.200. The molecule has 0 saturated carbocycles. The molecule has 0 bridgehead atoms. The fourth-order valence-electron chi connectivity index (χ4n) is 1.66. The maximum atomic E-state index is 13.4. The third-order valence-electron chi connectivity index (χ3n) is 2.70. The molecule has 0 aliphatic rings. The Bertz CT molecular complexity index is 540. The first kappa shape index (κ1) is 13.9. The van der Waals surface area contributed by atoms with Crippen LogP contribution in [-0.4, -0.2) is 13.7 Å². The second-order valence-corrected chi connectivity index (χ2v) is 4.94. The van der Waals surface area contributed by atoms with Gasteiger partial charge in [0.15, 0.2) is 11.6 Å². The lowest BCUT2D eigenvalue weighted by Gasteiger charge is -2.08. The fourth-order valence-corrected chi connectivity index (χ4v) is 2.00. The number of hydrogen-bond donors (Lipinski definition) is 0. The highest BCUT2D eigenvalue weighted by molar-refractivity contribution is 9.10. The topological polar surface area (TPSA) is 18.5 Å². The Morgan fingerprint density at radius 1 is 1.11 bits per heavy atom. The SMILES string of the molecule is COc1ccc(CCOc2cc(Br)ccc2F)cc1. The van der Waals surface area contributed by atoms with Gasteiger partial charge in [-0.25, -0.2) is 4.39 Å². The zero-order valence-corrected chi connectivity index (χ0v) is 12.1. The average Bonchev–Trinajstić information content (AvgIpc) is 2.43. The van der Waals surface area contributed by atoms with Crippen LogP contribution in [0.5, 0.6) is 11.5 Å². The van der Waals surface area contributed by atoms with Crippen LogP contribution in [0.15, 0.2) is 46.9 Å². The van der Waals surface area contributed by atoms with Crippen LogP contribution >= 0.6 is 15.9 Å². The average molecular weight is 325 g/mol. The van der Waals surface area contributed by atoms with Crippen molar-refractivity contribution in [2.24, 2.45) is 0 Å². The first-order chi connectivity index (χ1) is 9.19. The summed E-state index contributed by atoms with van der Waals surface area (Å²) in [5.74, 6) is 0.739. The second kappa shape index (κ2) is 6.57. The van der Waals surface area contributed by atoms with E-state index >= 15 is 0 Å². The molecule has 0 saturated heterocycles. The van der Waals surface area contributed by atoms with Crippen molar-refractivity contribution >= 4 is 15.9 Å². The molecule has 2 aromatic rings. The molecule has 2 aromatic carbocycles. The van der Waals surface area contributed by atoms with Crippen molar-refractivity contribution in [3.63, 3.8) is 0 Å². The molecule has 0 unspecified atom stereocenters. The van der Waals surface area contributed by atoms with Gasteiger partial charge in [-0.05, 0) is 35.9 Å². The molecule has 4 heteroatoms. The van der Waals surface area contributed by atoms with Gasteiger partial charge in [-0.1, -0.05) is 28.1 Å². The van der Waals surface area contributed by atoms with Gasteiger partial charge in [0, 0.05) is 10.9 Å². The lowest BCUT2D eigenvalue weighted by molar-refractivity contribution is 0.305. The van der Waals surface area contributed by atoms with Crippen LogP contribution in [0, 0.1) is 5.82 Å². The summed E-state index contributed by atoms with van der Waals surface area (Å²) >= 11 is 3.29. The molecular formula is C15H14BrFO2. The Labute approximate surface area is 120 Å². The van der Waals surface area contributed by atoms with Crippen LogP contribution in [0.1, 0.15) is 5.56 Å². The van der Waals surface area contributed by atoms with Gasteiger partial charge in [0.1, 0.15) is 5.75 Å². The lowest BCUT2D eigenvalue weighted by Crippen LogP contribution is -2.02. The minimum absolute atomic E-state index is 0.267. The van der Waals surface area contributed by atoms with E-state index in [0.29, 0.717) is 6.61 Å². The Balaban J connectivity index is 1.90. The maximum Gasteiger partial charge on any atom is 0.165 e. The van der Waals surface area contributed by atoms with Crippen molar-refractivity contribution in [3.8, 4) is 11.5 Å². The highest BCUT2D eigenvalue weighted by Crippen LogP contribution is 2.22. The Morgan fingerprint density at radius 2 is 1.84 bits per heavy atom. The van der Waals surface area contributed by atoms with Gasteiger partial charge in [0.05, 0.1) is 13.7 Å². The molecule has 0 amide bonds. The summed E-state index contributed by atoms with van der Waals surface area (Å²) in [4.78, 5) is 0. The molecule has 19 heavy (non-hydrogen) atoms. The largest absolute Gasteiger partial charge is 0.497 e. The first-order valence-electron chi connectivity index (χ1n) is 5.90. The minimum Gasteiger partial charge on any atom is -0.497 e. The van der Waals surface area contributed by atoms with E-state index in [0.717, 1.165) is 22.2 Å². The molecule has 0 aliphatic heterocycles. The summed E-state index contributed by atoms with van der Waals surface area (Å²) in [5.41, 5.74) is 1.12. The lowest BCUT2D eigenvalue weighted by atomic mass is 10.1. The van der Waals surface area contributed by atoms with Gasteiger partial charge < -0.3 is 9.47 Å². The highest BCUT2D eigenvalue weighted by Gasteiger charge is 2.04. The molecule has 0 fully saturated rings. The van der Waals surface area contributed by atoms with Crippen molar-refractivity contribution in [2.45, 2.75) is 6.42 Å². The molecule has 2 nitrogen and oxygen atoms in total. The smallest absolute Gasteiger partial charge is 0.165 e. The summed E-state index contributed by atoms with van der Waals surface area (Å²) in [6.45, 7) is 0.430. The molecule has 100 valence electrons. The molecular weight excluding hydrogens is 311 g/mol. The monoisotopic (exact) mass is 324 g/mol. The summed E-state index contributed by atoms with van der Waals surface area (Å²) in [7, 11) is 1.63. The number of halogens is 2. The molecule has 0 atom stereocenters. The van der Waals surface area contributed by atoms with Crippen molar-refractivity contribution in [2.75, 3.05) is 13.7 Å². The van der Waals surface area contributed by atoms with Crippen molar-refractivity contribution in [3.05, 3.63) is 58.3 Å². The quantitative estimate of drug-likeness (QED) is 0.819. The van der Waals surface area contributed by atoms with Crippen molar-refractivity contribution in [1.82, 2.24) is 0 Å². The van der Waals surface area contributed by atoms with Crippen LogP contribution in [-0.2, 0) is 6.42 Å². The van der Waals surface area contributed by atoms with Gasteiger partial charge in [-0.3, -0.25) is 0 Å². The first-order valence-corrected chi connectivity index (χ1v) is 6.69. The summed E-state index contributed by atoms with van der Waals surface area (Å²) in [6, 6.07) is 12.4. The van der Waals surface area contributed by atoms with Crippen LogP contribution < -0.4 is 9.47 Å². The zero-order chi connectivity index (χ0) is 13.7. The van der Waals surface area contributed by atoms with E-state index in [9.17, 15) is 4.39 Å². The number of benzene rings is 2. The molecule has 0 spiro atoms. The Kier molecular flexibility index (Phi) is 4.80. The number of rotatable bonds is 5. The number of hydrogen-bond acceptors (Lipinski definition) is 2. The Hall–Kier alpha value is -1.55. The summed E-state index contributed by atoms with van der Waals surface area (Å²) in [5, 5.41) is 0. The second-order valence-electron chi connectivity index (χ2n) is 4.02. The predicted octanol–water partition coefficient (Wildman–Crippen LogP) is 4.22. The van der Waals surface area contributed by atoms with E-state index in [1.165, 1.54) is 6.07 Å². The summed E-state index contributed by atoms with van der Waals surface area (Å²) < 4.78 is 24.8. The van der Waals surface area contributed by atoms with Gasteiger partial charge in [-0.15, -0.1) is 0 Å². The molecule has 2 rings (SSSR count). The van der Waals surface area contributed by atoms with E-state index in [1.807, 2.05) is 24.3 Å². The van der Waals surface area contributed by atoms with Crippen molar-refractivity contribution in [1.29, 1.82) is 0 Å². The van der Waals surface area contributed by atoms with Crippen LogP contribution in [0.25, 0.3) is 0 Å². The van der Waals surface area contributed by atoms with E-state index in [4.69, 9.17) is 9.47 Å². The Morgan fingerprint density at radius 3 is 2.53 bits per heavy atom. The van der Waals surface area contributed by atoms with E-state index < -0.39 is 0 Å². The third-order valence-corrected chi connectivity index (χ3v) is 3.19. The van der Waals surface area contributed by atoms with Crippen LogP contribution in [0.3, 0.4) is 0 Å². The van der Waals surface area contributed by atoms with Gasteiger partial charge >= 0.3 is 0 Å². The van der Waals surface area contributed by atoms with Crippen LogP contribution in [0.2, 0.25) is 0 Å². The standard InChI is InChI=1S/C15H14BrFO2/c1-18-13-5-2-11(3-6-13)8-9-19-15-10-12(16)4-7-14(15)17/h2-7,10H,8-9H2,1H3. The van der Waals surface area contributed by atoms with E-state index in [1.54, 1.807) is 19.2 Å². The molecule has 0 radical (unpaired) electrons. The summed E-state index contributed by atoms with van der Waals surface area (Å²) in [6.07, 6.45) is 0.718. The molecule has 0 heterocycles. The molecule has 0 aliphatic carbocycles. The van der Waals surface area contributed by atoms with Crippen molar-refractivity contribution < 1.29 is 13.9 Å². The number of ether oxygens (including phenoxy) is 2. The van der Waals surface area contributed by atoms with Gasteiger partial charge in [0.25, 0.3) is 0 Å². The molecule has 0 aromatic heterocycles. The van der Waals surface area contributed by atoms with Crippen LogP contribution in [0.4, 0.5) is 4.39 Å². The van der Waals surface area contributed by atoms with E-state index in [-0.39, 0.29) is 11.6 Å². The predicted molar refractivity (Wildman–Crippen MR) is 76.3 cm³/mol. The zero-order valence-electron chi connectivity index (χ0n) is 10.5. The minimum atomic E-state index is -0.349. The maximum absolute atomic E-state index is 13.4. The number of methoxy groups -OCH3 is 1. The third kappa shape index (κ3) is 3.96. The molecule has 0 N–H and O–H groups in total. The van der Waals surface area contributed by atoms with Gasteiger partial charge in [-0.2, -0.15) is 0 Å². The van der Waals surface area contributed by atoms with E-state index in [2.05, 4.69) is 15.9 Å².